The lowest BCUT2D eigenvalue weighted by Gasteiger charge is -2.32. The fraction of sp³-hybridized carbons (Fsp3) is 1.00. The van der Waals surface area contributed by atoms with Crippen LogP contribution in [0.4, 0.5) is 0 Å². The summed E-state index contributed by atoms with van der Waals surface area (Å²) in [7, 11) is 0. The predicted octanol–water partition coefficient (Wildman–Crippen LogP) is 3.20. The highest BCUT2D eigenvalue weighted by Gasteiger charge is 2.53. The molecule has 0 spiro atoms. The SMILES string of the molecule is C1CC2C3CC(NCCC4CC4)C(C3)C2C1. The first-order valence-electron chi connectivity index (χ1n) is 7.65. The first kappa shape index (κ1) is 9.94. The van der Waals surface area contributed by atoms with Gasteiger partial charge in [0.05, 0.1) is 0 Å². The second kappa shape index (κ2) is 3.73. The van der Waals surface area contributed by atoms with Gasteiger partial charge in [-0.05, 0) is 68.2 Å². The van der Waals surface area contributed by atoms with Gasteiger partial charge >= 0.3 is 0 Å². The summed E-state index contributed by atoms with van der Waals surface area (Å²) in [5, 5.41) is 3.90. The number of nitrogens with one attached hydrogen (secondary N) is 1. The fourth-order valence-corrected chi connectivity index (χ4v) is 5.18. The van der Waals surface area contributed by atoms with Crippen LogP contribution in [0.3, 0.4) is 0 Å². The highest BCUT2D eigenvalue weighted by atomic mass is 14.9. The van der Waals surface area contributed by atoms with E-state index in [4.69, 9.17) is 0 Å². The van der Waals surface area contributed by atoms with Gasteiger partial charge in [-0.3, -0.25) is 0 Å². The molecule has 0 amide bonds. The molecular weight excluding hydrogens is 194 g/mol. The van der Waals surface area contributed by atoms with E-state index in [2.05, 4.69) is 5.32 Å². The van der Waals surface area contributed by atoms with Gasteiger partial charge in [0.25, 0.3) is 0 Å². The van der Waals surface area contributed by atoms with Gasteiger partial charge in [0, 0.05) is 6.04 Å². The first-order valence-corrected chi connectivity index (χ1v) is 7.65. The van der Waals surface area contributed by atoms with Crippen LogP contribution in [-0.4, -0.2) is 12.6 Å². The third kappa shape index (κ3) is 1.54. The number of rotatable bonds is 4. The number of fused-ring (bicyclic) bond motifs is 5. The molecule has 4 aliphatic carbocycles. The smallest absolute Gasteiger partial charge is 0.0101 e. The maximum atomic E-state index is 3.90. The van der Waals surface area contributed by atoms with Crippen molar-refractivity contribution in [2.45, 2.75) is 57.4 Å². The summed E-state index contributed by atoms with van der Waals surface area (Å²) in [5.74, 6) is 5.60. The molecule has 5 unspecified atom stereocenters. The highest BCUT2D eigenvalue weighted by molar-refractivity contribution is 5.05. The van der Waals surface area contributed by atoms with Crippen molar-refractivity contribution >= 4 is 0 Å². The second-order valence-electron chi connectivity index (χ2n) is 6.95. The van der Waals surface area contributed by atoms with Crippen molar-refractivity contribution in [3.05, 3.63) is 0 Å². The van der Waals surface area contributed by atoms with Crippen molar-refractivity contribution in [3.63, 3.8) is 0 Å². The minimum atomic E-state index is 0.920. The van der Waals surface area contributed by atoms with Gasteiger partial charge in [-0.25, -0.2) is 0 Å². The number of hydrogen-bond acceptors (Lipinski definition) is 1. The third-order valence-corrected chi connectivity index (χ3v) is 6.08. The molecule has 1 nitrogen and oxygen atoms in total. The zero-order chi connectivity index (χ0) is 10.5. The standard InChI is InChI=1S/C15H25N/c1-2-12-11-8-14(13(12)3-1)15(9-11)16-7-6-10-4-5-10/h10-16H,1-9H2. The lowest BCUT2D eigenvalue weighted by Crippen LogP contribution is -2.39. The van der Waals surface area contributed by atoms with Gasteiger partial charge in [-0.1, -0.05) is 19.3 Å². The normalized spacial score (nSPS) is 49.9. The van der Waals surface area contributed by atoms with Gasteiger partial charge in [0.2, 0.25) is 0 Å². The molecule has 1 N–H and O–H groups in total. The Bertz CT molecular complexity index is 271. The van der Waals surface area contributed by atoms with Crippen molar-refractivity contribution in [2.75, 3.05) is 6.54 Å². The van der Waals surface area contributed by atoms with Gasteiger partial charge < -0.3 is 5.32 Å². The zero-order valence-corrected chi connectivity index (χ0v) is 10.3. The molecule has 4 aliphatic rings. The molecule has 16 heavy (non-hydrogen) atoms. The largest absolute Gasteiger partial charge is 0.314 e. The molecule has 4 rings (SSSR count). The molecule has 90 valence electrons. The molecule has 4 saturated carbocycles. The van der Waals surface area contributed by atoms with Gasteiger partial charge in [0.1, 0.15) is 0 Å². The first-order chi connectivity index (χ1) is 7.92. The average Bonchev–Trinajstić information content (AvgIpc) is 2.76. The molecule has 0 aromatic carbocycles. The molecule has 1 heteroatoms. The Morgan fingerprint density at radius 1 is 0.875 bits per heavy atom. The van der Waals surface area contributed by atoms with Crippen LogP contribution in [0.15, 0.2) is 0 Å². The molecular formula is C15H25N. The average molecular weight is 219 g/mol. The molecule has 0 aliphatic heterocycles. The Morgan fingerprint density at radius 3 is 2.62 bits per heavy atom. The van der Waals surface area contributed by atoms with E-state index in [9.17, 15) is 0 Å². The maximum Gasteiger partial charge on any atom is 0.0101 e. The van der Waals surface area contributed by atoms with E-state index in [1.807, 2.05) is 0 Å². The van der Waals surface area contributed by atoms with Crippen LogP contribution in [0, 0.1) is 29.6 Å². The van der Waals surface area contributed by atoms with E-state index in [-0.39, 0.29) is 0 Å². The minimum absolute atomic E-state index is 0.920. The van der Waals surface area contributed by atoms with E-state index in [0.29, 0.717) is 0 Å². The molecule has 0 aromatic rings. The van der Waals surface area contributed by atoms with Gasteiger partial charge in [-0.2, -0.15) is 0 Å². The topological polar surface area (TPSA) is 12.0 Å². The van der Waals surface area contributed by atoms with Crippen LogP contribution >= 0.6 is 0 Å². The molecule has 0 aromatic heterocycles. The lowest BCUT2D eigenvalue weighted by atomic mass is 9.79. The Kier molecular flexibility index (Phi) is 2.32. The molecule has 2 bridgehead atoms. The Hall–Kier alpha value is -0.0400. The summed E-state index contributed by atoms with van der Waals surface area (Å²) in [5.41, 5.74) is 0. The second-order valence-corrected chi connectivity index (χ2v) is 6.95. The molecule has 5 atom stereocenters. The fourth-order valence-electron chi connectivity index (χ4n) is 5.18. The maximum absolute atomic E-state index is 3.90. The van der Waals surface area contributed by atoms with E-state index in [0.717, 1.165) is 35.6 Å². The Balaban J connectivity index is 1.33. The van der Waals surface area contributed by atoms with Crippen molar-refractivity contribution in [2.24, 2.45) is 29.6 Å². The van der Waals surface area contributed by atoms with Crippen LogP contribution in [-0.2, 0) is 0 Å². The summed E-state index contributed by atoms with van der Waals surface area (Å²) in [6, 6.07) is 0.920. The molecule has 0 saturated heterocycles. The van der Waals surface area contributed by atoms with Crippen LogP contribution in [0.1, 0.15) is 51.4 Å². The monoisotopic (exact) mass is 219 g/mol. The summed E-state index contributed by atoms with van der Waals surface area (Å²) in [6.45, 7) is 1.32. The van der Waals surface area contributed by atoms with Crippen molar-refractivity contribution in [1.82, 2.24) is 5.32 Å². The summed E-state index contributed by atoms with van der Waals surface area (Å²) < 4.78 is 0. The lowest BCUT2D eigenvalue weighted by molar-refractivity contribution is 0.208. The van der Waals surface area contributed by atoms with Gasteiger partial charge in [-0.15, -0.1) is 0 Å². The summed E-state index contributed by atoms with van der Waals surface area (Å²) in [6.07, 6.45) is 12.3. The van der Waals surface area contributed by atoms with Gasteiger partial charge in [0.15, 0.2) is 0 Å². The van der Waals surface area contributed by atoms with Crippen molar-refractivity contribution < 1.29 is 0 Å². The number of hydrogen-bond donors (Lipinski definition) is 1. The van der Waals surface area contributed by atoms with E-state index in [1.54, 1.807) is 19.3 Å². The van der Waals surface area contributed by atoms with E-state index < -0.39 is 0 Å². The quantitative estimate of drug-likeness (QED) is 0.765. The molecule has 0 heterocycles. The van der Waals surface area contributed by atoms with Crippen LogP contribution in [0.5, 0.6) is 0 Å². The summed E-state index contributed by atoms with van der Waals surface area (Å²) >= 11 is 0. The predicted molar refractivity (Wildman–Crippen MR) is 66.2 cm³/mol. The minimum Gasteiger partial charge on any atom is -0.314 e. The van der Waals surface area contributed by atoms with Crippen LogP contribution in [0.2, 0.25) is 0 Å². The van der Waals surface area contributed by atoms with E-state index >= 15 is 0 Å². The van der Waals surface area contributed by atoms with Crippen molar-refractivity contribution in [3.8, 4) is 0 Å². The van der Waals surface area contributed by atoms with Crippen LogP contribution < -0.4 is 5.32 Å². The van der Waals surface area contributed by atoms with Crippen molar-refractivity contribution in [1.29, 1.82) is 0 Å². The van der Waals surface area contributed by atoms with Crippen LogP contribution in [0.25, 0.3) is 0 Å². The zero-order valence-electron chi connectivity index (χ0n) is 10.3. The van der Waals surface area contributed by atoms with E-state index in [1.165, 1.54) is 38.6 Å². The Morgan fingerprint density at radius 2 is 1.75 bits per heavy atom. The molecule has 0 radical (unpaired) electrons. The highest BCUT2D eigenvalue weighted by Crippen LogP contribution is 2.58. The molecule has 4 fully saturated rings. The summed E-state index contributed by atoms with van der Waals surface area (Å²) in [4.78, 5) is 0. The third-order valence-electron chi connectivity index (χ3n) is 6.08. The Labute approximate surface area is 99.4 Å².